The average Bonchev–Trinajstić information content (AvgIpc) is 3.29. The SMILES string of the molecule is CCC(=O)/C=C(\O)c1ncsc1N(Cc1ccc(OC)cc1)Cc1ccc(OC)cc1. The number of ether oxygens (including phenoxy) is 2. The van der Waals surface area contributed by atoms with Crippen LogP contribution in [0.2, 0.25) is 0 Å². The second-order valence-electron chi connectivity index (χ2n) is 6.91. The number of hydrogen-bond donors (Lipinski definition) is 1. The van der Waals surface area contributed by atoms with Crippen LogP contribution in [0.15, 0.2) is 60.1 Å². The summed E-state index contributed by atoms with van der Waals surface area (Å²) in [6, 6.07) is 15.7. The minimum atomic E-state index is -0.145. The van der Waals surface area contributed by atoms with E-state index in [1.54, 1.807) is 26.7 Å². The third-order valence-electron chi connectivity index (χ3n) is 4.79. The van der Waals surface area contributed by atoms with Gasteiger partial charge in [0.05, 0.1) is 19.7 Å². The molecule has 7 heteroatoms. The van der Waals surface area contributed by atoms with Gasteiger partial charge in [0, 0.05) is 25.6 Å². The molecule has 1 N–H and O–H groups in total. The second kappa shape index (κ2) is 10.6. The van der Waals surface area contributed by atoms with Crippen LogP contribution in [0.3, 0.4) is 0 Å². The molecule has 0 spiro atoms. The number of ketones is 1. The molecule has 0 amide bonds. The molecule has 0 aliphatic carbocycles. The number of methoxy groups -OCH3 is 2. The summed E-state index contributed by atoms with van der Waals surface area (Å²) in [5.74, 6) is 1.33. The molecule has 162 valence electrons. The minimum Gasteiger partial charge on any atom is -0.505 e. The van der Waals surface area contributed by atoms with Crippen molar-refractivity contribution in [3.63, 3.8) is 0 Å². The van der Waals surface area contributed by atoms with Crippen molar-refractivity contribution in [3.8, 4) is 11.5 Å². The first-order valence-electron chi connectivity index (χ1n) is 9.92. The maximum Gasteiger partial charge on any atom is 0.159 e. The Hall–Kier alpha value is -3.32. The Morgan fingerprint density at radius 2 is 1.52 bits per heavy atom. The van der Waals surface area contributed by atoms with Gasteiger partial charge in [-0.1, -0.05) is 31.2 Å². The molecule has 0 unspecified atom stereocenters. The first-order chi connectivity index (χ1) is 15.0. The van der Waals surface area contributed by atoms with E-state index in [4.69, 9.17) is 9.47 Å². The molecule has 0 saturated carbocycles. The normalized spacial score (nSPS) is 11.3. The topological polar surface area (TPSA) is 71.9 Å². The lowest BCUT2D eigenvalue weighted by atomic mass is 10.1. The monoisotopic (exact) mass is 438 g/mol. The highest BCUT2D eigenvalue weighted by atomic mass is 32.1. The van der Waals surface area contributed by atoms with Crippen LogP contribution in [0.4, 0.5) is 5.00 Å². The fourth-order valence-electron chi connectivity index (χ4n) is 3.07. The summed E-state index contributed by atoms with van der Waals surface area (Å²) in [5, 5.41) is 11.3. The van der Waals surface area contributed by atoms with E-state index in [0.717, 1.165) is 27.6 Å². The minimum absolute atomic E-state index is 0.113. The van der Waals surface area contributed by atoms with Gasteiger partial charge in [-0.2, -0.15) is 0 Å². The summed E-state index contributed by atoms with van der Waals surface area (Å²) >= 11 is 1.43. The molecule has 0 aliphatic rings. The molecule has 0 saturated heterocycles. The van der Waals surface area contributed by atoms with E-state index in [0.29, 0.717) is 25.2 Å². The molecule has 0 radical (unpaired) electrons. The lowest BCUT2D eigenvalue weighted by Crippen LogP contribution is -2.22. The molecule has 0 aliphatic heterocycles. The summed E-state index contributed by atoms with van der Waals surface area (Å²) in [4.78, 5) is 18.3. The van der Waals surface area contributed by atoms with Gasteiger partial charge in [0.1, 0.15) is 28.0 Å². The number of aliphatic hydroxyl groups excluding tert-OH is 1. The van der Waals surface area contributed by atoms with Gasteiger partial charge in [-0.3, -0.25) is 4.79 Å². The van der Waals surface area contributed by atoms with E-state index in [1.807, 2.05) is 48.5 Å². The van der Waals surface area contributed by atoms with Gasteiger partial charge >= 0.3 is 0 Å². The summed E-state index contributed by atoms with van der Waals surface area (Å²) in [6.45, 7) is 2.95. The average molecular weight is 439 g/mol. The molecular formula is C24H26N2O4S. The Kier molecular flexibility index (Phi) is 7.67. The Morgan fingerprint density at radius 3 is 1.97 bits per heavy atom. The molecule has 31 heavy (non-hydrogen) atoms. The molecule has 1 heterocycles. The number of aromatic nitrogens is 1. The molecule has 3 rings (SSSR count). The van der Waals surface area contributed by atoms with Gasteiger partial charge in [0.25, 0.3) is 0 Å². The quantitative estimate of drug-likeness (QED) is 0.345. The maximum atomic E-state index is 11.8. The number of allylic oxidation sites excluding steroid dienone is 1. The summed E-state index contributed by atoms with van der Waals surface area (Å²) in [6.07, 6.45) is 1.57. The highest BCUT2D eigenvalue weighted by Crippen LogP contribution is 2.32. The van der Waals surface area contributed by atoms with E-state index in [-0.39, 0.29) is 11.5 Å². The second-order valence-corrected chi connectivity index (χ2v) is 7.74. The molecule has 0 fully saturated rings. The van der Waals surface area contributed by atoms with Crippen LogP contribution in [0.1, 0.15) is 30.2 Å². The number of rotatable bonds is 10. The van der Waals surface area contributed by atoms with E-state index in [9.17, 15) is 9.90 Å². The lowest BCUT2D eigenvalue weighted by molar-refractivity contribution is -0.114. The van der Waals surface area contributed by atoms with Crippen LogP contribution < -0.4 is 14.4 Å². The van der Waals surface area contributed by atoms with Crippen molar-refractivity contribution < 1.29 is 19.4 Å². The number of hydrogen-bond acceptors (Lipinski definition) is 7. The van der Waals surface area contributed by atoms with Gasteiger partial charge < -0.3 is 19.5 Å². The fraction of sp³-hybridized carbons (Fsp3) is 0.250. The Labute approximate surface area is 186 Å². The van der Waals surface area contributed by atoms with Crippen molar-refractivity contribution in [1.29, 1.82) is 0 Å². The van der Waals surface area contributed by atoms with Gasteiger partial charge in [0.15, 0.2) is 5.78 Å². The molecule has 6 nitrogen and oxygen atoms in total. The lowest BCUT2D eigenvalue weighted by Gasteiger charge is -2.24. The summed E-state index contributed by atoms with van der Waals surface area (Å²) in [5.41, 5.74) is 4.26. The zero-order chi connectivity index (χ0) is 22.2. The van der Waals surface area contributed by atoms with Crippen LogP contribution in [0.5, 0.6) is 11.5 Å². The standard InChI is InChI=1S/C24H26N2O4S/c1-4-19(27)13-22(28)23-24(31-16-25-23)26(14-17-5-9-20(29-2)10-6-17)15-18-7-11-21(30-3)12-8-18/h5-13,16,28H,4,14-15H2,1-3H3/b22-13-. The molecule has 0 bridgehead atoms. The fourth-order valence-corrected chi connectivity index (χ4v) is 3.87. The van der Waals surface area contributed by atoms with Gasteiger partial charge in [0.2, 0.25) is 0 Å². The molecule has 2 aromatic carbocycles. The summed E-state index contributed by atoms with van der Waals surface area (Å²) < 4.78 is 10.5. The third kappa shape index (κ3) is 5.86. The highest BCUT2D eigenvalue weighted by Gasteiger charge is 2.19. The van der Waals surface area contributed by atoms with Gasteiger partial charge in [-0.25, -0.2) is 4.98 Å². The van der Waals surface area contributed by atoms with Crippen molar-refractivity contribution >= 4 is 27.9 Å². The zero-order valence-corrected chi connectivity index (χ0v) is 18.7. The van der Waals surface area contributed by atoms with Crippen molar-refractivity contribution in [1.82, 2.24) is 4.98 Å². The number of anilines is 1. The molecule has 1 aromatic heterocycles. The van der Waals surface area contributed by atoms with Crippen LogP contribution in [0.25, 0.3) is 5.76 Å². The Bertz CT molecular complexity index is 977. The van der Waals surface area contributed by atoms with Gasteiger partial charge in [-0.05, 0) is 35.4 Å². The van der Waals surface area contributed by atoms with E-state index >= 15 is 0 Å². The third-order valence-corrected chi connectivity index (χ3v) is 5.68. The van der Waals surface area contributed by atoms with E-state index in [2.05, 4.69) is 9.88 Å². The zero-order valence-electron chi connectivity index (χ0n) is 17.9. The van der Waals surface area contributed by atoms with E-state index in [1.165, 1.54) is 17.4 Å². The van der Waals surface area contributed by atoms with Crippen molar-refractivity contribution in [3.05, 3.63) is 76.9 Å². The van der Waals surface area contributed by atoms with Crippen LogP contribution >= 0.6 is 11.3 Å². The molecule has 0 atom stereocenters. The van der Waals surface area contributed by atoms with Crippen molar-refractivity contribution in [2.75, 3.05) is 19.1 Å². The smallest absolute Gasteiger partial charge is 0.159 e. The number of carbonyl (C=O) groups excluding carboxylic acids is 1. The predicted octanol–water partition coefficient (Wildman–Crippen LogP) is 5.25. The number of benzene rings is 2. The molecule has 3 aromatic rings. The predicted molar refractivity (Wildman–Crippen MR) is 124 cm³/mol. The van der Waals surface area contributed by atoms with E-state index < -0.39 is 0 Å². The first-order valence-corrected chi connectivity index (χ1v) is 10.8. The maximum absolute atomic E-state index is 11.8. The Balaban J connectivity index is 1.94. The van der Waals surface area contributed by atoms with Gasteiger partial charge in [-0.15, -0.1) is 11.3 Å². The van der Waals surface area contributed by atoms with Crippen molar-refractivity contribution in [2.45, 2.75) is 26.4 Å². The largest absolute Gasteiger partial charge is 0.505 e. The number of thiazole rings is 1. The number of aliphatic hydroxyl groups is 1. The first kappa shape index (κ1) is 22.4. The number of carbonyl (C=O) groups is 1. The Morgan fingerprint density at radius 1 is 1.00 bits per heavy atom. The van der Waals surface area contributed by atoms with Crippen molar-refractivity contribution in [2.24, 2.45) is 0 Å². The van der Waals surface area contributed by atoms with Crippen LogP contribution in [-0.2, 0) is 17.9 Å². The van der Waals surface area contributed by atoms with Crippen LogP contribution in [-0.4, -0.2) is 30.1 Å². The molecular weight excluding hydrogens is 412 g/mol. The van der Waals surface area contributed by atoms with Crippen LogP contribution in [0, 0.1) is 0 Å². The number of nitrogens with zero attached hydrogens (tertiary/aromatic N) is 2. The highest BCUT2D eigenvalue weighted by molar-refractivity contribution is 7.14. The summed E-state index contributed by atoms with van der Waals surface area (Å²) in [7, 11) is 3.28.